The van der Waals surface area contributed by atoms with Gasteiger partial charge in [0.2, 0.25) is 0 Å². The molecule has 0 aromatic heterocycles. The van der Waals surface area contributed by atoms with E-state index in [4.69, 9.17) is 4.74 Å². The van der Waals surface area contributed by atoms with Crippen molar-refractivity contribution in [3.05, 3.63) is 0 Å². The molecule has 2 nitrogen and oxygen atoms in total. The maximum absolute atomic E-state index is 11.7. The average Bonchev–Trinajstić information content (AvgIpc) is 3.16. The molecule has 0 aromatic carbocycles. The quantitative estimate of drug-likeness (QED) is 0.579. The Morgan fingerprint density at radius 3 is 2.44 bits per heavy atom. The number of carbonyl (C=O) groups is 1. The summed E-state index contributed by atoms with van der Waals surface area (Å²) in [5.41, 5.74) is 1.13. The van der Waals surface area contributed by atoms with E-state index < -0.39 is 0 Å². The Bertz CT molecular complexity index is 556. The Balaban J connectivity index is 1.40. The highest BCUT2D eigenvalue weighted by atomic mass is 16.5. The molecule has 25 heavy (non-hydrogen) atoms. The van der Waals surface area contributed by atoms with Crippen molar-refractivity contribution in [3.8, 4) is 0 Å². The van der Waals surface area contributed by atoms with Crippen LogP contribution in [0.2, 0.25) is 0 Å². The summed E-state index contributed by atoms with van der Waals surface area (Å²) in [6.07, 6.45) is 15.3. The van der Waals surface area contributed by atoms with Gasteiger partial charge in [-0.05, 0) is 91.8 Å². The van der Waals surface area contributed by atoms with Crippen molar-refractivity contribution in [3.63, 3.8) is 0 Å². The molecule has 5 aliphatic rings. The Morgan fingerprint density at radius 1 is 0.840 bits per heavy atom. The Labute approximate surface area is 153 Å². The van der Waals surface area contributed by atoms with Gasteiger partial charge in [0.25, 0.3) is 0 Å². The van der Waals surface area contributed by atoms with Gasteiger partial charge in [-0.25, -0.2) is 0 Å². The van der Waals surface area contributed by atoms with Crippen LogP contribution >= 0.6 is 0 Å². The number of ether oxygens (including phenoxy) is 1. The zero-order chi connectivity index (χ0) is 17.2. The van der Waals surface area contributed by atoms with Gasteiger partial charge in [-0.1, -0.05) is 26.7 Å². The third kappa shape index (κ3) is 2.31. The molecule has 5 rings (SSSR count). The van der Waals surface area contributed by atoms with Gasteiger partial charge < -0.3 is 4.74 Å². The van der Waals surface area contributed by atoms with Crippen molar-refractivity contribution in [1.29, 1.82) is 0 Å². The van der Waals surface area contributed by atoms with Crippen molar-refractivity contribution in [1.82, 2.24) is 0 Å². The number of hydrogen-bond acceptors (Lipinski definition) is 2. The normalized spacial score (nSPS) is 55.2. The largest absolute Gasteiger partial charge is 0.465 e. The Kier molecular flexibility index (Phi) is 3.81. The molecule has 4 aliphatic carbocycles. The number of rotatable bonds is 1. The summed E-state index contributed by atoms with van der Waals surface area (Å²) in [5.74, 6) is 5.21. The molecule has 0 bridgehead atoms. The fraction of sp³-hybridized carbons (Fsp3) is 0.957. The van der Waals surface area contributed by atoms with Gasteiger partial charge in [-0.3, -0.25) is 4.79 Å². The Morgan fingerprint density at radius 2 is 1.64 bits per heavy atom. The van der Waals surface area contributed by atoms with Crippen LogP contribution in [0.3, 0.4) is 0 Å². The van der Waals surface area contributed by atoms with Gasteiger partial charge in [0.1, 0.15) is 0 Å². The van der Waals surface area contributed by atoms with Crippen LogP contribution in [-0.4, -0.2) is 12.6 Å². The summed E-state index contributed by atoms with van der Waals surface area (Å²) < 4.78 is 5.36. The molecule has 0 N–H and O–H groups in total. The summed E-state index contributed by atoms with van der Waals surface area (Å²) in [4.78, 5) is 11.7. The Hall–Kier alpha value is -0.530. The van der Waals surface area contributed by atoms with Crippen molar-refractivity contribution < 1.29 is 9.53 Å². The second-order valence-corrected chi connectivity index (χ2v) is 10.8. The number of esters is 1. The standard InChI is InChI=1S/C23H36O2/c1-22-11-4-3-5-16(22)6-7-17-19-9-8-18(15-13-21(24)25-14-15)23(19,2)12-10-20(17)22/h15-20H,3-14H2,1-2H3/t15-,16+,17-,18+,19+,20?,22-,23?/m0/s1. The van der Waals surface area contributed by atoms with Gasteiger partial charge in [0.15, 0.2) is 0 Å². The lowest BCUT2D eigenvalue weighted by molar-refractivity contribution is -0.137. The molecule has 1 heterocycles. The maximum atomic E-state index is 11.7. The minimum absolute atomic E-state index is 0.0564. The van der Waals surface area contributed by atoms with Crippen LogP contribution in [-0.2, 0) is 9.53 Å². The van der Waals surface area contributed by atoms with E-state index in [1.165, 1.54) is 64.2 Å². The van der Waals surface area contributed by atoms with E-state index in [1.807, 2.05) is 0 Å². The van der Waals surface area contributed by atoms with E-state index in [-0.39, 0.29) is 5.97 Å². The highest BCUT2D eigenvalue weighted by molar-refractivity contribution is 5.71. The molecule has 2 unspecified atom stereocenters. The summed E-state index contributed by atoms with van der Waals surface area (Å²) in [7, 11) is 0. The second kappa shape index (κ2) is 5.73. The van der Waals surface area contributed by atoms with Gasteiger partial charge in [-0.15, -0.1) is 0 Å². The number of fused-ring (bicyclic) bond motifs is 5. The monoisotopic (exact) mass is 344 g/mol. The number of hydrogen-bond donors (Lipinski definition) is 0. The SMILES string of the molecule is CC12CCC3[C@@H](CC[C@H]4CCCC[C@]34C)[C@H]1CC[C@@H]2[C@@H]1COC(=O)C1. The van der Waals surface area contributed by atoms with Gasteiger partial charge in [0.05, 0.1) is 13.0 Å². The van der Waals surface area contributed by atoms with Crippen molar-refractivity contribution in [2.24, 2.45) is 46.3 Å². The fourth-order valence-corrected chi connectivity index (χ4v) is 8.90. The minimum Gasteiger partial charge on any atom is -0.465 e. The average molecular weight is 345 g/mol. The third-order valence-electron chi connectivity index (χ3n) is 10.1. The van der Waals surface area contributed by atoms with Crippen LogP contribution in [0.4, 0.5) is 0 Å². The molecular weight excluding hydrogens is 308 g/mol. The zero-order valence-electron chi connectivity index (χ0n) is 16.3. The van der Waals surface area contributed by atoms with Crippen molar-refractivity contribution in [2.45, 2.75) is 84.5 Å². The van der Waals surface area contributed by atoms with Crippen LogP contribution in [0, 0.1) is 46.3 Å². The molecule has 140 valence electrons. The molecule has 0 amide bonds. The minimum atomic E-state index is 0.0564. The summed E-state index contributed by atoms with van der Waals surface area (Å²) in [6.45, 7) is 5.98. The lowest BCUT2D eigenvalue weighted by Gasteiger charge is -2.60. The van der Waals surface area contributed by atoms with Gasteiger partial charge >= 0.3 is 5.97 Å². The first-order valence-corrected chi connectivity index (χ1v) is 11.2. The highest BCUT2D eigenvalue weighted by Gasteiger charge is 2.60. The smallest absolute Gasteiger partial charge is 0.306 e. The van der Waals surface area contributed by atoms with E-state index in [0.717, 1.165) is 29.6 Å². The van der Waals surface area contributed by atoms with E-state index >= 15 is 0 Å². The van der Waals surface area contributed by atoms with Crippen LogP contribution in [0.5, 0.6) is 0 Å². The number of cyclic esters (lactones) is 1. The van der Waals surface area contributed by atoms with E-state index in [9.17, 15) is 4.79 Å². The lowest BCUT2D eigenvalue weighted by atomic mass is 9.44. The molecule has 8 atom stereocenters. The van der Waals surface area contributed by atoms with E-state index in [1.54, 1.807) is 0 Å². The fourth-order valence-electron chi connectivity index (χ4n) is 8.90. The summed E-state index contributed by atoms with van der Waals surface area (Å²) in [6, 6.07) is 0. The first-order valence-electron chi connectivity index (χ1n) is 11.2. The molecule has 1 aliphatic heterocycles. The topological polar surface area (TPSA) is 26.3 Å². The van der Waals surface area contributed by atoms with Crippen LogP contribution in [0.15, 0.2) is 0 Å². The summed E-state index contributed by atoms with van der Waals surface area (Å²) in [5, 5.41) is 0. The van der Waals surface area contributed by atoms with Crippen molar-refractivity contribution in [2.75, 3.05) is 6.61 Å². The molecule has 5 fully saturated rings. The number of carbonyl (C=O) groups excluding carboxylic acids is 1. The molecular formula is C23H36O2. The van der Waals surface area contributed by atoms with E-state index in [0.29, 0.717) is 29.8 Å². The molecule has 4 saturated carbocycles. The zero-order valence-corrected chi connectivity index (χ0v) is 16.3. The molecule has 0 spiro atoms. The van der Waals surface area contributed by atoms with Crippen LogP contribution in [0.25, 0.3) is 0 Å². The molecule has 0 radical (unpaired) electrons. The molecule has 0 aromatic rings. The van der Waals surface area contributed by atoms with Crippen molar-refractivity contribution >= 4 is 5.97 Å². The van der Waals surface area contributed by atoms with Gasteiger partial charge in [0, 0.05) is 5.92 Å². The van der Waals surface area contributed by atoms with E-state index in [2.05, 4.69) is 13.8 Å². The third-order valence-corrected chi connectivity index (χ3v) is 10.1. The molecule has 1 saturated heterocycles. The van der Waals surface area contributed by atoms with Crippen LogP contribution in [0.1, 0.15) is 84.5 Å². The first-order chi connectivity index (χ1) is 12.0. The lowest BCUT2D eigenvalue weighted by Crippen LogP contribution is -2.53. The van der Waals surface area contributed by atoms with Crippen LogP contribution < -0.4 is 0 Å². The second-order valence-electron chi connectivity index (χ2n) is 10.8. The first kappa shape index (κ1) is 16.6. The maximum Gasteiger partial charge on any atom is 0.306 e. The van der Waals surface area contributed by atoms with Gasteiger partial charge in [-0.2, -0.15) is 0 Å². The predicted molar refractivity (Wildman–Crippen MR) is 98.9 cm³/mol. The predicted octanol–water partition coefficient (Wildman–Crippen LogP) is 5.60. The highest BCUT2D eigenvalue weighted by Crippen LogP contribution is 2.68. The molecule has 2 heteroatoms. The summed E-state index contributed by atoms with van der Waals surface area (Å²) >= 11 is 0.